The number of nitrogens with two attached hydrogens (primary N) is 1. The smallest absolute Gasteiger partial charge is 0.282 e. The second kappa shape index (κ2) is 7.40. The van der Waals surface area contributed by atoms with Crippen molar-refractivity contribution in [3.63, 3.8) is 0 Å². The molecule has 2 rings (SSSR count). The van der Waals surface area contributed by atoms with Gasteiger partial charge in [-0.15, -0.1) is 0 Å². The van der Waals surface area contributed by atoms with Gasteiger partial charge in [0.1, 0.15) is 0 Å². The van der Waals surface area contributed by atoms with Gasteiger partial charge in [0.2, 0.25) is 0 Å². The van der Waals surface area contributed by atoms with Gasteiger partial charge in [0, 0.05) is 31.7 Å². The predicted molar refractivity (Wildman–Crippen MR) is 86.1 cm³/mol. The molecule has 1 aliphatic heterocycles. The van der Waals surface area contributed by atoms with Crippen LogP contribution in [0.2, 0.25) is 0 Å². The molecule has 1 atom stereocenters. The first-order chi connectivity index (χ1) is 9.96. The highest BCUT2D eigenvalue weighted by atomic mass is 32.2. The van der Waals surface area contributed by atoms with Crippen LogP contribution < -0.4 is 5.73 Å². The molecule has 2 aliphatic rings. The summed E-state index contributed by atoms with van der Waals surface area (Å²) in [5.41, 5.74) is 5.82. The third-order valence-corrected chi connectivity index (χ3v) is 6.83. The van der Waals surface area contributed by atoms with Crippen LogP contribution in [-0.4, -0.2) is 48.7 Å². The zero-order valence-corrected chi connectivity index (χ0v) is 14.3. The quantitative estimate of drug-likeness (QED) is 0.814. The third kappa shape index (κ3) is 3.97. The van der Waals surface area contributed by atoms with E-state index >= 15 is 0 Å². The van der Waals surface area contributed by atoms with E-state index in [0.29, 0.717) is 25.6 Å². The molecule has 0 bridgehead atoms. The molecule has 1 heterocycles. The average molecular weight is 317 g/mol. The Morgan fingerprint density at radius 3 is 2.33 bits per heavy atom. The maximum absolute atomic E-state index is 13.2. The highest BCUT2D eigenvalue weighted by molar-refractivity contribution is 7.86. The SMILES string of the molecule is CC(C)CN(C1CCCC1)S(=O)(=O)N1CCCCC1CN. The molecule has 124 valence electrons. The van der Waals surface area contributed by atoms with Crippen LogP contribution >= 0.6 is 0 Å². The van der Waals surface area contributed by atoms with Crippen molar-refractivity contribution in [2.75, 3.05) is 19.6 Å². The molecule has 0 aromatic carbocycles. The van der Waals surface area contributed by atoms with E-state index in [1.54, 1.807) is 8.61 Å². The number of piperidine rings is 1. The van der Waals surface area contributed by atoms with E-state index in [1.807, 2.05) is 0 Å². The molecule has 1 aliphatic carbocycles. The van der Waals surface area contributed by atoms with Crippen molar-refractivity contribution in [3.8, 4) is 0 Å². The molecular formula is C15H31N3O2S. The summed E-state index contributed by atoms with van der Waals surface area (Å²) < 4.78 is 29.8. The monoisotopic (exact) mass is 317 g/mol. The first kappa shape index (κ1) is 17.2. The van der Waals surface area contributed by atoms with Crippen LogP contribution in [0.25, 0.3) is 0 Å². The summed E-state index contributed by atoms with van der Waals surface area (Å²) in [6.07, 6.45) is 7.25. The molecule has 1 saturated heterocycles. The maximum atomic E-state index is 13.2. The number of nitrogens with zero attached hydrogens (tertiary/aromatic N) is 2. The highest BCUT2D eigenvalue weighted by Gasteiger charge is 2.40. The van der Waals surface area contributed by atoms with Crippen molar-refractivity contribution in [1.82, 2.24) is 8.61 Å². The van der Waals surface area contributed by atoms with E-state index in [0.717, 1.165) is 44.9 Å². The Hall–Kier alpha value is -0.170. The van der Waals surface area contributed by atoms with E-state index in [4.69, 9.17) is 5.73 Å². The molecular weight excluding hydrogens is 286 g/mol. The summed E-state index contributed by atoms with van der Waals surface area (Å²) in [6, 6.07) is 0.178. The van der Waals surface area contributed by atoms with Gasteiger partial charge in [-0.2, -0.15) is 17.0 Å². The highest BCUT2D eigenvalue weighted by Crippen LogP contribution is 2.30. The first-order valence-electron chi connectivity index (χ1n) is 8.45. The molecule has 1 unspecified atom stereocenters. The first-order valence-corrected chi connectivity index (χ1v) is 9.85. The van der Waals surface area contributed by atoms with Gasteiger partial charge in [-0.3, -0.25) is 0 Å². The minimum Gasteiger partial charge on any atom is -0.329 e. The van der Waals surface area contributed by atoms with Crippen LogP contribution in [0.3, 0.4) is 0 Å². The number of hydrogen-bond donors (Lipinski definition) is 1. The standard InChI is InChI=1S/C15H31N3O2S/c1-13(2)12-18(14-7-3-4-8-14)21(19,20)17-10-6-5-9-15(17)11-16/h13-15H,3-12,16H2,1-2H3. The van der Waals surface area contributed by atoms with Gasteiger partial charge in [0.15, 0.2) is 0 Å². The fourth-order valence-electron chi connectivity index (χ4n) is 3.63. The van der Waals surface area contributed by atoms with Gasteiger partial charge in [-0.05, 0) is 31.6 Å². The van der Waals surface area contributed by atoms with Crippen molar-refractivity contribution in [1.29, 1.82) is 0 Å². The lowest BCUT2D eigenvalue weighted by molar-refractivity contribution is 0.212. The Kier molecular flexibility index (Phi) is 6.05. The van der Waals surface area contributed by atoms with E-state index in [1.165, 1.54) is 0 Å². The lowest BCUT2D eigenvalue weighted by Crippen LogP contribution is -2.55. The average Bonchev–Trinajstić information content (AvgIpc) is 2.98. The fourth-order valence-corrected chi connectivity index (χ4v) is 5.90. The second-order valence-corrected chi connectivity index (χ2v) is 8.74. The van der Waals surface area contributed by atoms with Crippen molar-refractivity contribution in [2.24, 2.45) is 11.7 Å². The van der Waals surface area contributed by atoms with Gasteiger partial charge in [0.05, 0.1) is 0 Å². The molecule has 2 N–H and O–H groups in total. The van der Waals surface area contributed by atoms with Gasteiger partial charge < -0.3 is 5.73 Å². The number of hydrogen-bond acceptors (Lipinski definition) is 3. The zero-order valence-electron chi connectivity index (χ0n) is 13.5. The maximum Gasteiger partial charge on any atom is 0.282 e. The molecule has 0 aromatic heterocycles. The third-order valence-electron chi connectivity index (χ3n) is 4.71. The molecule has 21 heavy (non-hydrogen) atoms. The molecule has 6 heteroatoms. The van der Waals surface area contributed by atoms with Gasteiger partial charge in [0.25, 0.3) is 10.2 Å². The summed E-state index contributed by atoms with van der Waals surface area (Å²) in [7, 11) is -3.38. The van der Waals surface area contributed by atoms with E-state index in [9.17, 15) is 8.42 Å². The normalized spacial score (nSPS) is 26.0. The zero-order chi connectivity index (χ0) is 15.5. The number of rotatable bonds is 6. The van der Waals surface area contributed by atoms with Crippen molar-refractivity contribution < 1.29 is 8.42 Å². The summed E-state index contributed by atoms with van der Waals surface area (Å²) in [5.74, 6) is 0.349. The minimum absolute atomic E-state index is 0.0141. The summed E-state index contributed by atoms with van der Waals surface area (Å²) in [4.78, 5) is 0. The van der Waals surface area contributed by atoms with Crippen LogP contribution in [0.1, 0.15) is 58.8 Å². The van der Waals surface area contributed by atoms with Gasteiger partial charge in [-0.1, -0.05) is 33.1 Å². The Morgan fingerprint density at radius 2 is 1.76 bits per heavy atom. The summed E-state index contributed by atoms with van der Waals surface area (Å²) >= 11 is 0. The Bertz CT molecular complexity index is 419. The van der Waals surface area contributed by atoms with Crippen LogP contribution in [0.4, 0.5) is 0 Å². The molecule has 0 aromatic rings. The van der Waals surface area contributed by atoms with Crippen molar-refractivity contribution in [3.05, 3.63) is 0 Å². The molecule has 0 spiro atoms. The Labute approximate surface area is 130 Å². The van der Waals surface area contributed by atoms with Crippen molar-refractivity contribution in [2.45, 2.75) is 70.9 Å². The fraction of sp³-hybridized carbons (Fsp3) is 1.00. The van der Waals surface area contributed by atoms with Crippen LogP contribution in [-0.2, 0) is 10.2 Å². The lowest BCUT2D eigenvalue weighted by atomic mass is 10.1. The molecule has 0 amide bonds. The summed E-state index contributed by atoms with van der Waals surface area (Å²) in [6.45, 7) is 5.87. The Balaban J connectivity index is 2.22. The summed E-state index contributed by atoms with van der Waals surface area (Å²) in [5, 5.41) is 0. The van der Waals surface area contributed by atoms with Crippen molar-refractivity contribution >= 4 is 10.2 Å². The van der Waals surface area contributed by atoms with E-state index < -0.39 is 10.2 Å². The molecule has 0 radical (unpaired) electrons. The predicted octanol–water partition coefficient (Wildman–Crippen LogP) is 1.95. The van der Waals surface area contributed by atoms with Gasteiger partial charge >= 0.3 is 0 Å². The second-order valence-electron chi connectivity index (χ2n) is 6.91. The molecule has 2 fully saturated rings. The molecule has 5 nitrogen and oxygen atoms in total. The van der Waals surface area contributed by atoms with Crippen LogP contribution in [0.5, 0.6) is 0 Å². The minimum atomic E-state index is -3.38. The molecule has 1 saturated carbocycles. The van der Waals surface area contributed by atoms with E-state index in [-0.39, 0.29) is 12.1 Å². The Morgan fingerprint density at radius 1 is 1.14 bits per heavy atom. The van der Waals surface area contributed by atoms with Gasteiger partial charge in [-0.25, -0.2) is 0 Å². The van der Waals surface area contributed by atoms with E-state index in [2.05, 4.69) is 13.8 Å². The largest absolute Gasteiger partial charge is 0.329 e. The van der Waals surface area contributed by atoms with Crippen LogP contribution in [0.15, 0.2) is 0 Å². The lowest BCUT2D eigenvalue weighted by Gasteiger charge is -2.40. The van der Waals surface area contributed by atoms with Crippen LogP contribution in [0, 0.1) is 5.92 Å². The topological polar surface area (TPSA) is 66.6 Å².